The molecule has 2 nitrogen and oxygen atoms in total. The summed E-state index contributed by atoms with van der Waals surface area (Å²) >= 11 is 0. The molecule has 3 heteroatoms. The number of carbonyl (C=O) groups excluding carboxylic acids is 1. The van der Waals surface area contributed by atoms with E-state index in [1.807, 2.05) is 18.7 Å². The first-order chi connectivity index (χ1) is 8.05. The van der Waals surface area contributed by atoms with Gasteiger partial charge in [-0.2, -0.15) is 0 Å². The van der Waals surface area contributed by atoms with E-state index in [0.29, 0.717) is 5.41 Å². The van der Waals surface area contributed by atoms with Crippen LogP contribution in [-0.2, 0) is 4.79 Å². The van der Waals surface area contributed by atoms with E-state index in [4.69, 9.17) is 7.85 Å². The number of rotatable bonds is 1. The number of hydrogen-bond acceptors (Lipinski definition) is 1. The minimum absolute atomic E-state index is 0.0530. The molecule has 1 heterocycles. The first-order valence-corrected chi connectivity index (χ1v) is 6.72. The van der Waals surface area contributed by atoms with Crippen molar-refractivity contribution < 1.29 is 4.79 Å². The standard InChI is InChI=1S/C12H20BNO.C2H6/c1-12(2)6-3-9-14(10-4-7-12)11(15)5-8-13;1-2/h5,8H,3-4,6-7,9-10H2,1-2H3;1-2H3/b8-5-;. The first-order valence-electron chi connectivity index (χ1n) is 6.72. The Bertz CT molecular complexity index is 237. The van der Waals surface area contributed by atoms with Gasteiger partial charge in [0.25, 0.3) is 0 Å². The van der Waals surface area contributed by atoms with Crippen molar-refractivity contribution in [2.45, 2.75) is 53.4 Å². The lowest BCUT2D eigenvalue weighted by atomic mass is 9.82. The van der Waals surface area contributed by atoms with Crippen LogP contribution >= 0.6 is 0 Å². The van der Waals surface area contributed by atoms with Crippen LogP contribution in [0.25, 0.3) is 0 Å². The van der Waals surface area contributed by atoms with Crippen molar-refractivity contribution in [3.05, 3.63) is 12.1 Å². The Kier molecular flexibility index (Phi) is 8.02. The zero-order valence-corrected chi connectivity index (χ0v) is 11.8. The van der Waals surface area contributed by atoms with Crippen LogP contribution in [0.3, 0.4) is 0 Å². The molecule has 1 amide bonds. The Labute approximate surface area is 108 Å². The van der Waals surface area contributed by atoms with Gasteiger partial charge in [-0.05, 0) is 37.2 Å². The maximum atomic E-state index is 11.6. The topological polar surface area (TPSA) is 20.3 Å². The molecule has 0 unspecified atom stereocenters. The minimum atomic E-state index is 0.0530. The van der Waals surface area contributed by atoms with Crippen LogP contribution in [0, 0.1) is 5.41 Å². The van der Waals surface area contributed by atoms with Crippen molar-refractivity contribution in [2.24, 2.45) is 5.41 Å². The molecule has 0 N–H and O–H groups in total. The minimum Gasteiger partial charge on any atom is -0.339 e. The monoisotopic (exact) mass is 235 g/mol. The number of hydrogen-bond donors (Lipinski definition) is 0. The molecule has 0 spiro atoms. The molecule has 2 radical (unpaired) electrons. The summed E-state index contributed by atoms with van der Waals surface area (Å²) in [5.41, 5.74) is 0.443. The van der Waals surface area contributed by atoms with Crippen LogP contribution in [0.5, 0.6) is 0 Å². The van der Waals surface area contributed by atoms with Crippen LogP contribution in [0.15, 0.2) is 12.1 Å². The van der Waals surface area contributed by atoms with Gasteiger partial charge in [0.1, 0.15) is 7.85 Å². The molecule has 0 saturated carbocycles. The zero-order chi connectivity index (χ0) is 13.3. The van der Waals surface area contributed by atoms with Crippen LogP contribution < -0.4 is 0 Å². The maximum absolute atomic E-state index is 11.6. The molecule has 0 bridgehead atoms. The molecule has 0 atom stereocenters. The average molecular weight is 235 g/mol. The fraction of sp³-hybridized carbons (Fsp3) is 0.786. The predicted octanol–water partition coefficient (Wildman–Crippen LogP) is 3.12. The third kappa shape index (κ3) is 6.55. The molecular formula is C14H26BNO. The van der Waals surface area contributed by atoms with Crippen LogP contribution in [0.4, 0.5) is 0 Å². The first kappa shape index (κ1) is 16.3. The summed E-state index contributed by atoms with van der Waals surface area (Å²) in [5.74, 6) is 1.38. The van der Waals surface area contributed by atoms with Crippen LogP contribution in [0.2, 0.25) is 0 Å². The lowest BCUT2D eigenvalue weighted by Gasteiger charge is -2.31. The molecular weight excluding hydrogens is 209 g/mol. The molecule has 1 aliphatic rings. The van der Waals surface area contributed by atoms with E-state index < -0.39 is 0 Å². The van der Waals surface area contributed by atoms with E-state index in [1.165, 1.54) is 24.9 Å². The molecule has 0 aliphatic carbocycles. The molecule has 1 rings (SSSR count). The SMILES string of the molecule is CC.[B]/C=C\C(=O)N1CCCC(C)(C)CCC1. The number of carbonyl (C=O) groups is 1. The van der Waals surface area contributed by atoms with Gasteiger partial charge in [-0.3, -0.25) is 4.79 Å². The second-order valence-corrected chi connectivity index (χ2v) is 5.06. The molecule has 17 heavy (non-hydrogen) atoms. The molecule has 1 saturated heterocycles. The third-order valence-corrected chi connectivity index (χ3v) is 3.11. The summed E-state index contributed by atoms with van der Waals surface area (Å²) in [6.45, 7) is 10.4. The highest BCUT2D eigenvalue weighted by atomic mass is 16.2. The molecule has 96 valence electrons. The summed E-state index contributed by atoms with van der Waals surface area (Å²) in [6.07, 6.45) is 6.04. The second kappa shape index (κ2) is 8.38. The highest BCUT2D eigenvalue weighted by molar-refractivity contribution is 6.18. The summed E-state index contributed by atoms with van der Waals surface area (Å²) in [4.78, 5) is 13.5. The van der Waals surface area contributed by atoms with Crippen LogP contribution in [0.1, 0.15) is 53.4 Å². The van der Waals surface area contributed by atoms with E-state index >= 15 is 0 Å². The fourth-order valence-electron chi connectivity index (χ4n) is 2.14. The van der Waals surface area contributed by atoms with Gasteiger partial charge in [0.15, 0.2) is 0 Å². The average Bonchev–Trinajstić information content (AvgIpc) is 2.27. The van der Waals surface area contributed by atoms with Gasteiger partial charge >= 0.3 is 0 Å². The summed E-state index contributed by atoms with van der Waals surface area (Å²) in [6, 6.07) is 0. The van der Waals surface area contributed by atoms with E-state index in [1.54, 1.807) is 0 Å². The summed E-state index contributed by atoms with van der Waals surface area (Å²) < 4.78 is 0. The fourth-order valence-corrected chi connectivity index (χ4v) is 2.14. The molecule has 1 fully saturated rings. The van der Waals surface area contributed by atoms with Gasteiger partial charge in [0.05, 0.1) is 0 Å². The number of likely N-dealkylation sites (tertiary alicyclic amines) is 1. The normalized spacial score (nSPS) is 20.1. The Morgan fingerprint density at radius 3 is 2.06 bits per heavy atom. The molecule has 0 aromatic rings. The largest absolute Gasteiger partial charge is 0.339 e. The summed E-state index contributed by atoms with van der Waals surface area (Å²) in [5, 5.41) is 0. The molecule has 0 aromatic heterocycles. The van der Waals surface area contributed by atoms with Gasteiger partial charge in [-0.1, -0.05) is 27.7 Å². The maximum Gasteiger partial charge on any atom is 0.245 e. The smallest absolute Gasteiger partial charge is 0.245 e. The molecule has 0 aromatic carbocycles. The van der Waals surface area contributed by atoms with Gasteiger partial charge in [-0.15, -0.1) is 5.98 Å². The van der Waals surface area contributed by atoms with Crippen molar-refractivity contribution in [1.29, 1.82) is 0 Å². The Morgan fingerprint density at radius 1 is 1.18 bits per heavy atom. The van der Waals surface area contributed by atoms with Gasteiger partial charge in [0.2, 0.25) is 5.91 Å². The number of amides is 1. The lowest BCUT2D eigenvalue weighted by molar-refractivity contribution is -0.126. The van der Waals surface area contributed by atoms with Gasteiger partial charge < -0.3 is 4.90 Å². The predicted molar refractivity (Wildman–Crippen MR) is 75.1 cm³/mol. The highest BCUT2D eigenvalue weighted by Crippen LogP contribution is 2.30. The second-order valence-electron chi connectivity index (χ2n) is 5.06. The van der Waals surface area contributed by atoms with E-state index in [2.05, 4.69) is 13.8 Å². The highest BCUT2D eigenvalue weighted by Gasteiger charge is 2.22. The third-order valence-electron chi connectivity index (χ3n) is 3.11. The van der Waals surface area contributed by atoms with Gasteiger partial charge in [0, 0.05) is 13.1 Å². The zero-order valence-electron chi connectivity index (χ0n) is 11.8. The quantitative estimate of drug-likeness (QED) is 0.505. The summed E-state index contributed by atoms with van der Waals surface area (Å²) in [7, 11) is 5.22. The Hall–Kier alpha value is -0.725. The van der Waals surface area contributed by atoms with Crippen molar-refractivity contribution in [3.8, 4) is 0 Å². The van der Waals surface area contributed by atoms with Crippen molar-refractivity contribution in [1.82, 2.24) is 4.90 Å². The van der Waals surface area contributed by atoms with Gasteiger partial charge in [-0.25, -0.2) is 0 Å². The van der Waals surface area contributed by atoms with Crippen molar-refractivity contribution in [3.63, 3.8) is 0 Å². The van der Waals surface area contributed by atoms with Crippen molar-refractivity contribution >= 4 is 13.8 Å². The molecule has 1 aliphatic heterocycles. The van der Waals surface area contributed by atoms with E-state index in [9.17, 15) is 4.79 Å². The Morgan fingerprint density at radius 2 is 1.65 bits per heavy atom. The van der Waals surface area contributed by atoms with E-state index in [0.717, 1.165) is 25.9 Å². The van der Waals surface area contributed by atoms with E-state index in [-0.39, 0.29) is 5.91 Å². The number of nitrogens with zero attached hydrogens (tertiary/aromatic N) is 1. The van der Waals surface area contributed by atoms with Crippen LogP contribution in [-0.4, -0.2) is 31.7 Å². The Balaban J connectivity index is 0.00000121. The lowest BCUT2D eigenvalue weighted by Crippen LogP contribution is -2.34. The van der Waals surface area contributed by atoms with Crippen molar-refractivity contribution in [2.75, 3.05) is 13.1 Å².